The van der Waals surface area contributed by atoms with Gasteiger partial charge in [0.1, 0.15) is 12.4 Å². The summed E-state index contributed by atoms with van der Waals surface area (Å²) in [7, 11) is 0. The second kappa shape index (κ2) is 11.3. The van der Waals surface area contributed by atoms with Crippen molar-refractivity contribution in [2.75, 3.05) is 44.8 Å². The number of benzene rings is 2. The second-order valence-electron chi connectivity index (χ2n) is 9.36. The lowest BCUT2D eigenvalue weighted by Gasteiger charge is -2.26. The Balaban J connectivity index is 1.67. The summed E-state index contributed by atoms with van der Waals surface area (Å²) in [5.41, 5.74) is 2.73. The van der Waals surface area contributed by atoms with Gasteiger partial charge in [0.15, 0.2) is 0 Å². The number of urea groups is 1. The number of hydrogen-bond acceptors (Lipinski definition) is 4. The van der Waals surface area contributed by atoms with Crippen molar-refractivity contribution in [2.24, 2.45) is 5.41 Å². The number of hydrogen-bond donors (Lipinski definition) is 2. The number of ether oxygens (including phenoxy) is 2. The standard InChI is InChI=1S/C27H37N3O3/c1-6-21(27(3,4)5)19-20(2)28-26(31)29-24-11-12-25(23-10-8-7-9-22(23)24)33-18-15-30-13-16-32-17-14-30/h6-12,19H,13-18H2,1-5H3,(H2,28,29,31)/b20-19+,21-6-. The normalized spacial score (nSPS) is 16.0. The zero-order chi connectivity index (χ0) is 23.8. The number of nitrogens with one attached hydrogen (secondary N) is 2. The monoisotopic (exact) mass is 451 g/mol. The van der Waals surface area contributed by atoms with Crippen LogP contribution in [0.5, 0.6) is 5.75 Å². The van der Waals surface area contributed by atoms with Crippen LogP contribution < -0.4 is 15.4 Å². The molecule has 0 spiro atoms. The quantitative estimate of drug-likeness (QED) is 0.541. The lowest BCUT2D eigenvalue weighted by Crippen LogP contribution is -2.38. The minimum absolute atomic E-state index is 0.0158. The molecule has 6 heteroatoms. The molecule has 33 heavy (non-hydrogen) atoms. The molecule has 1 aliphatic rings. The molecule has 0 radical (unpaired) electrons. The molecule has 0 saturated carbocycles. The highest BCUT2D eigenvalue weighted by atomic mass is 16.5. The van der Waals surface area contributed by atoms with Crippen molar-refractivity contribution < 1.29 is 14.3 Å². The number of rotatable bonds is 7. The lowest BCUT2D eigenvalue weighted by molar-refractivity contribution is 0.0323. The Morgan fingerprint density at radius 1 is 1.12 bits per heavy atom. The number of fused-ring (bicyclic) bond motifs is 1. The molecule has 0 unspecified atom stereocenters. The van der Waals surface area contributed by atoms with E-state index < -0.39 is 0 Å². The van der Waals surface area contributed by atoms with Crippen LogP contribution in [0, 0.1) is 5.41 Å². The van der Waals surface area contributed by atoms with Gasteiger partial charge in [-0.3, -0.25) is 4.90 Å². The molecule has 3 rings (SSSR count). The van der Waals surface area contributed by atoms with Crippen molar-refractivity contribution in [3.05, 3.63) is 59.8 Å². The van der Waals surface area contributed by atoms with Gasteiger partial charge in [0.2, 0.25) is 0 Å². The minimum atomic E-state index is -0.265. The first-order valence-corrected chi connectivity index (χ1v) is 11.7. The van der Waals surface area contributed by atoms with Gasteiger partial charge in [0.25, 0.3) is 0 Å². The van der Waals surface area contributed by atoms with Crippen LogP contribution in [0.4, 0.5) is 10.5 Å². The predicted octanol–water partition coefficient (Wildman–Crippen LogP) is 5.57. The van der Waals surface area contributed by atoms with E-state index in [2.05, 4.69) is 42.4 Å². The van der Waals surface area contributed by atoms with E-state index in [-0.39, 0.29) is 11.4 Å². The maximum atomic E-state index is 12.7. The molecule has 0 atom stereocenters. The van der Waals surface area contributed by atoms with Crippen LogP contribution in [-0.4, -0.2) is 50.4 Å². The number of carbonyl (C=O) groups is 1. The fourth-order valence-corrected chi connectivity index (χ4v) is 3.95. The van der Waals surface area contributed by atoms with Crippen LogP contribution >= 0.6 is 0 Å². The first-order valence-electron chi connectivity index (χ1n) is 11.7. The fraction of sp³-hybridized carbons (Fsp3) is 0.444. The van der Waals surface area contributed by atoms with Crippen molar-refractivity contribution in [3.8, 4) is 5.75 Å². The summed E-state index contributed by atoms with van der Waals surface area (Å²) in [5, 5.41) is 7.86. The molecule has 2 aromatic rings. The second-order valence-corrected chi connectivity index (χ2v) is 9.36. The molecular weight excluding hydrogens is 414 g/mol. The average Bonchev–Trinajstić information content (AvgIpc) is 2.78. The number of carbonyl (C=O) groups excluding carboxylic acids is 1. The molecule has 2 N–H and O–H groups in total. The van der Waals surface area contributed by atoms with Gasteiger partial charge in [0, 0.05) is 36.1 Å². The van der Waals surface area contributed by atoms with E-state index >= 15 is 0 Å². The Morgan fingerprint density at radius 2 is 1.82 bits per heavy atom. The molecule has 178 valence electrons. The molecular formula is C27H37N3O3. The summed E-state index contributed by atoms with van der Waals surface area (Å²) in [6.45, 7) is 15.3. The Morgan fingerprint density at radius 3 is 2.48 bits per heavy atom. The maximum Gasteiger partial charge on any atom is 0.323 e. The number of nitrogens with zero attached hydrogens (tertiary/aromatic N) is 1. The summed E-state index contributed by atoms with van der Waals surface area (Å²) in [6.07, 6.45) is 4.09. The van der Waals surface area contributed by atoms with Crippen LogP contribution in [0.25, 0.3) is 10.8 Å². The molecule has 2 amide bonds. The highest BCUT2D eigenvalue weighted by Gasteiger charge is 2.15. The van der Waals surface area contributed by atoms with Crippen LogP contribution in [0.3, 0.4) is 0 Å². The van der Waals surface area contributed by atoms with Crippen LogP contribution in [0.15, 0.2) is 59.8 Å². The topological polar surface area (TPSA) is 62.8 Å². The van der Waals surface area contributed by atoms with Crippen LogP contribution in [0.1, 0.15) is 34.6 Å². The first-order chi connectivity index (χ1) is 15.8. The summed E-state index contributed by atoms with van der Waals surface area (Å²) >= 11 is 0. The molecule has 0 aliphatic carbocycles. The third-order valence-corrected chi connectivity index (χ3v) is 5.76. The van der Waals surface area contributed by atoms with E-state index in [9.17, 15) is 4.79 Å². The summed E-state index contributed by atoms with van der Waals surface area (Å²) in [6, 6.07) is 11.5. The van der Waals surface area contributed by atoms with Gasteiger partial charge in [-0.05, 0) is 43.0 Å². The zero-order valence-electron chi connectivity index (χ0n) is 20.5. The zero-order valence-corrected chi connectivity index (χ0v) is 20.5. The summed E-state index contributed by atoms with van der Waals surface area (Å²) in [5.74, 6) is 0.823. The van der Waals surface area contributed by atoms with Crippen LogP contribution in [0.2, 0.25) is 0 Å². The number of amides is 2. The molecule has 1 saturated heterocycles. The van der Waals surface area contributed by atoms with E-state index in [4.69, 9.17) is 9.47 Å². The average molecular weight is 452 g/mol. The first kappa shape index (κ1) is 24.8. The van der Waals surface area contributed by atoms with Gasteiger partial charge >= 0.3 is 6.03 Å². The molecule has 1 heterocycles. The molecule has 0 bridgehead atoms. The van der Waals surface area contributed by atoms with Gasteiger partial charge in [-0.2, -0.15) is 0 Å². The van der Waals surface area contributed by atoms with Crippen molar-refractivity contribution in [3.63, 3.8) is 0 Å². The molecule has 0 aromatic heterocycles. The molecule has 1 fully saturated rings. The molecule has 1 aliphatic heterocycles. The Hall–Kier alpha value is -2.83. The lowest BCUT2D eigenvalue weighted by atomic mass is 9.86. The molecule has 6 nitrogen and oxygen atoms in total. The van der Waals surface area contributed by atoms with Gasteiger partial charge in [-0.15, -0.1) is 0 Å². The fourth-order valence-electron chi connectivity index (χ4n) is 3.95. The van der Waals surface area contributed by atoms with Gasteiger partial charge in [-0.1, -0.05) is 51.1 Å². The summed E-state index contributed by atoms with van der Waals surface area (Å²) < 4.78 is 11.5. The Bertz CT molecular complexity index is 1010. The van der Waals surface area contributed by atoms with E-state index in [1.807, 2.05) is 56.3 Å². The van der Waals surface area contributed by atoms with E-state index in [0.717, 1.165) is 60.8 Å². The van der Waals surface area contributed by atoms with Gasteiger partial charge in [0.05, 0.1) is 18.9 Å². The van der Waals surface area contributed by atoms with Crippen LogP contribution in [-0.2, 0) is 4.74 Å². The van der Waals surface area contributed by atoms with Crippen molar-refractivity contribution in [2.45, 2.75) is 34.6 Å². The van der Waals surface area contributed by atoms with Crippen molar-refractivity contribution in [1.29, 1.82) is 0 Å². The SMILES string of the molecule is C/C=C(/C=C(\C)NC(=O)Nc1ccc(OCCN2CCOCC2)c2ccccc12)C(C)(C)C. The molecule has 2 aromatic carbocycles. The summed E-state index contributed by atoms with van der Waals surface area (Å²) in [4.78, 5) is 15.0. The predicted molar refractivity (Wildman–Crippen MR) is 136 cm³/mol. The Labute approximate surface area is 197 Å². The van der Waals surface area contributed by atoms with E-state index in [1.165, 1.54) is 5.57 Å². The number of anilines is 1. The van der Waals surface area contributed by atoms with Crippen molar-refractivity contribution >= 4 is 22.5 Å². The third-order valence-electron chi connectivity index (χ3n) is 5.76. The number of morpholine rings is 1. The third kappa shape index (κ3) is 7.07. The van der Waals surface area contributed by atoms with E-state index in [1.54, 1.807) is 0 Å². The van der Waals surface area contributed by atoms with Gasteiger partial charge < -0.3 is 20.1 Å². The highest BCUT2D eigenvalue weighted by molar-refractivity contribution is 6.04. The maximum absolute atomic E-state index is 12.7. The van der Waals surface area contributed by atoms with E-state index in [0.29, 0.717) is 6.61 Å². The van der Waals surface area contributed by atoms with Gasteiger partial charge in [-0.25, -0.2) is 4.79 Å². The largest absolute Gasteiger partial charge is 0.492 e. The minimum Gasteiger partial charge on any atom is -0.492 e. The highest BCUT2D eigenvalue weighted by Crippen LogP contribution is 2.32. The van der Waals surface area contributed by atoms with Crippen molar-refractivity contribution in [1.82, 2.24) is 10.2 Å². The Kier molecular flexibility index (Phi) is 8.53. The number of allylic oxidation sites excluding steroid dienone is 4. The smallest absolute Gasteiger partial charge is 0.323 e.